The topological polar surface area (TPSA) is 40.5 Å². The average molecular weight is 227 g/mol. The Morgan fingerprint density at radius 3 is 2.50 bits per heavy atom. The Kier molecular flexibility index (Phi) is 2.77. The number of halogens is 2. The summed E-state index contributed by atoms with van der Waals surface area (Å²) in [6.45, 7) is 0.514. The van der Waals surface area contributed by atoms with E-state index in [9.17, 15) is 13.6 Å². The molecule has 0 radical (unpaired) electrons. The van der Waals surface area contributed by atoms with E-state index in [1.165, 1.54) is 4.90 Å². The van der Waals surface area contributed by atoms with Crippen LogP contribution in [-0.4, -0.2) is 23.7 Å². The Morgan fingerprint density at radius 2 is 1.94 bits per heavy atom. The number of nitrogens with zero attached hydrogens (tertiary/aromatic N) is 1. The minimum atomic E-state index is -0.956. The number of carboxylic acid groups (broad SMARTS) is 1. The molecule has 5 heteroatoms. The van der Waals surface area contributed by atoms with Crippen LogP contribution in [0.25, 0.3) is 0 Å². The van der Waals surface area contributed by atoms with Gasteiger partial charge in [0.05, 0.1) is 0 Å². The second-order valence-corrected chi connectivity index (χ2v) is 3.82. The summed E-state index contributed by atoms with van der Waals surface area (Å²) < 4.78 is 26.0. The molecule has 0 spiro atoms. The van der Waals surface area contributed by atoms with Gasteiger partial charge in [0.25, 0.3) is 0 Å². The monoisotopic (exact) mass is 227 g/mol. The van der Waals surface area contributed by atoms with E-state index in [4.69, 9.17) is 5.11 Å². The van der Waals surface area contributed by atoms with E-state index in [-0.39, 0.29) is 0 Å². The van der Waals surface area contributed by atoms with Gasteiger partial charge in [0.15, 0.2) is 0 Å². The highest BCUT2D eigenvalue weighted by molar-refractivity contribution is 5.79. The molecule has 3 nitrogen and oxygen atoms in total. The van der Waals surface area contributed by atoms with E-state index in [1.54, 1.807) is 0 Å². The van der Waals surface area contributed by atoms with Crippen LogP contribution in [0.5, 0.6) is 0 Å². The lowest BCUT2D eigenvalue weighted by atomic mass is 10.2. The Hall–Kier alpha value is -1.65. The first-order valence-electron chi connectivity index (χ1n) is 5.03. The molecule has 2 rings (SSSR count). The van der Waals surface area contributed by atoms with Crippen molar-refractivity contribution in [3.63, 3.8) is 0 Å². The van der Waals surface area contributed by atoms with Gasteiger partial charge >= 0.3 is 5.97 Å². The minimum absolute atomic E-state index is 0.294. The lowest BCUT2D eigenvalue weighted by Gasteiger charge is -2.23. The van der Waals surface area contributed by atoms with E-state index in [2.05, 4.69) is 0 Å². The molecule has 0 aliphatic carbocycles. The largest absolute Gasteiger partial charge is 0.480 e. The van der Waals surface area contributed by atoms with Crippen LogP contribution in [0.4, 0.5) is 14.5 Å². The molecule has 1 atom stereocenters. The first-order chi connectivity index (χ1) is 7.58. The normalized spacial score (nSPS) is 20.1. The Bertz CT molecular complexity index is 402. The molecular weight excluding hydrogens is 216 g/mol. The van der Waals surface area contributed by atoms with Crippen LogP contribution in [0, 0.1) is 11.6 Å². The summed E-state index contributed by atoms with van der Waals surface area (Å²) in [6, 6.07) is 2.41. The first-order valence-corrected chi connectivity index (χ1v) is 5.03. The third-order valence-corrected chi connectivity index (χ3v) is 2.72. The Morgan fingerprint density at radius 1 is 1.31 bits per heavy atom. The quantitative estimate of drug-likeness (QED) is 0.840. The van der Waals surface area contributed by atoms with E-state index in [0.29, 0.717) is 18.7 Å². The van der Waals surface area contributed by atoms with Crippen LogP contribution in [0.1, 0.15) is 12.8 Å². The molecule has 1 fully saturated rings. The van der Waals surface area contributed by atoms with E-state index in [1.807, 2.05) is 0 Å². The van der Waals surface area contributed by atoms with Gasteiger partial charge in [-0.05, 0) is 25.0 Å². The zero-order chi connectivity index (χ0) is 11.7. The van der Waals surface area contributed by atoms with Crippen molar-refractivity contribution in [3.05, 3.63) is 29.8 Å². The van der Waals surface area contributed by atoms with Crippen molar-refractivity contribution < 1.29 is 18.7 Å². The number of rotatable bonds is 2. The maximum absolute atomic E-state index is 13.0. The number of anilines is 1. The Labute approximate surface area is 91.3 Å². The summed E-state index contributed by atoms with van der Waals surface area (Å²) in [5.41, 5.74) is 0.294. The minimum Gasteiger partial charge on any atom is -0.480 e. The van der Waals surface area contributed by atoms with E-state index < -0.39 is 23.6 Å². The molecular formula is C11H11F2NO2. The highest BCUT2D eigenvalue weighted by Crippen LogP contribution is 2.27. The van der Waals surface area contributed by atoms with E-state index >= 15 is 0 Å². The molecule has 86 valence electrons. The summed E-state index contributed by atoms with van der Waals surface area (Å²) in [7, 11) is 0. The SMILES string of the molecule is O=C(O)C1CCCN1c1cc(F)cc(F)c1. The second-order valence-electron chi connectivity index (χ2n) is 3.82. The number of benzene rings is 1. The van der Waals surface area contributed by atoms with Crippen LogP contribution in [0.3, 0.4) is 0 Å². The molecule has 1 unspecified atom stereocenters. The summed E-state index contributed by atoms with van der Waals surface area (Å²) >= 11 is 0. The van der Waals surface area contributed by atoms with Crippen molar-refractivity contribution in [2.75, 3.05) is 11.4 Å². The smallest absolute Gasteiger partial charge is 0.326 e. The van der Waals surface area contributed by atoms with Crippen molar-refractivity contribution in [2.45, 2.75) is 18.9 Å². The molecule has 1 aliphatic rings. The van der Waals surface area contributed by atoms with Gasteiger partial charge in [-0.25, -0.2) is 13.6 Å². The van der Waals surface area contributed by atoms with Crippen LogP contribution >= 0.6 is 0 Å². The Balaban J connectivity index is 2.32. The number of carbonyl (C=O) groups is 1. The molecule has 0 saturated carbocycles. The number of carboxylic acids is 1. The second kappa shape index (κ2) is 4.08. The molecule has 1 saturated heterocycles. The van der Waals surface area contributed by atoms with Crippen molar-refractivity contribution in [1.29, 1.82) is 0 Å². The zero-order valence-corrected chi connectivity index (χ0v) is 8.49. The highest BCUT2D eigenvalue weighted by Gasteiger charge is 2.30. The summed E-state index contributed by atoms with van der Waals surface area (Å²) in [5, 5.41) is 8.95. The fourth-order valence-corrected chi connectivity index (χ4v) is 2.04. The fourth-order valence-electron chi connectivity index (χ4n) is 2.04. The third-order valence-electron chi connectivity index (χ3n) is 2.72. The van der Waals surface area contributed by atoms with Gasteiger partial charge in [0.2, 0.25) is 0 Å². The molecule has 1 aliphatic heterocycles. The van der Waals surface area contributed by atoms with E-state index in [0.717, 1.165) is 24.6 Å². The number of hydrogen-bond acceptors (Lipinski definition) is 2. The van der Waals surface area contributed by atoms with Gasteiger partial charge in [-0.15, -0.1) is 0 Å². The summed E-state index contributed by atoms with van der Waals surface area (Å²) in [6.07, 6.45) is 1.22. The lowest BCUT2D eigenvalue weighted by molar-refractivity contribution is -0.138. The van der Waals surface area contributed by atoms with Crippen molar-refractivity contribution in [2.24, 2.45) is 0 Å². The summed E-state index contributed by atoms with van der Waals surface area (Å²) in [5.74, 6) is -2.33. The molecule has 0 amide bonds. The lowest BCUT2D eigenvalue weighted by Crippen LogP contribution is -2.35. The fraction of sp³-hybridized carbons (Fsp3) is 0.364. The molecule has 1 N–H and O–H groups in total. The van der Waals surface area contributed by atoms with Gasteiger partial charge in [-0.3, -0.25) is 0 Å². The number of hydrogen-bond donors (Lipinski definition) is 1. The average Bonchev–Trinajstić information content (AvgIpc) is 2.63. The zero-order valence-electron chi connectivity index (χ0n) is 8.49. The molecule has 16 heavy (non-hydrogen) atoms. The molecule has 1 heterocycles. The van der Waals surface area contributed by atoms with Crippen molar-refractivity contribution >= 4 is 11.7 Å². The predicted octanol–water partition coefficient (Wildman–Crippen LogP) is 2.02. The maximum Gasteiger partial charge on any atom is 0.326 e. The first kappa shape index (κ1) is 10.9. The van der Waals surface area contributed by atoms with Gasteiger partial charge in [-0.2, -0.15) is 0 Å². The maximum atomic E-state index is 13.0. The predicted molar refractivity (Wildman–Crippen MR) is 54.4 cm³/mol. The number of aliphatic carboxylic acids is 1. The van der Waals surface area contributed by atoms with Crippen LogP contribution < -0.4 is 4.90 Å². The standard InChI is InChI=1S/C11H11F2NO2/c12-7-4-8(13)6-9(5-7)14-3-1-2-10(14)11(15)16/h4-6,10H,1-3H2,(H,15,16). The summed E-state index contributed by atoms with van der Waals surface area (Å²) in [4.78, 5) is 12.4. The van der Waals surface area contributed by atoms with Crippen LogP contribution in [-0.2, 0) is 4.79 Å². The molecule has 1 aromatic carbocycles. The molecule has 0 bridgehead atoms. The van der Waals surface area contributed by atoms with Crippen molar-refractivity contribution in [1.82, 2.24) is 0 Å². The van der Waals surface area contributed by atoms with Crippen LogP contribution in [0.2, 0.25) is 0 Å². The third kappa shape index (κ3) is 1.98. The van der Waals surface area contributed by atoms with Gasteiger partial charge in [0, 0.05) is 18.3 Å². The van der Waals surface area contributed by atoms with Gasteiger partial charge in [0.1, 0.15) is 17.7 Å². The van der Waals surface area contributed by atoms with Crippen molar-refractivity contribution in [3.8, 4) is 0 Å². The van der Waals surface area contributed by atoms with Gasteiger partial charge < -0.3 is 10.0 Å². The molecule has 0 aromatic heterocycles. The molecule has 1 aromatic rings. The highest BCUT2D eigenvalue weighted by atomic mass is 19.1. The van der Waals surface area contributed by atoms with Crippen LogP contribution in [0.15, 0.2) is 18.2 Å². The van der Waals surface area contributed by atoms with Gasteiger partial charge in [-0.1, -0.05) is 0 Å².